The number of azo groups is 1. The quantitative estimate of drug-likeness (QED) is 0.645. The Balaban J connectivity index is 1.89. The highest BCUT2D eigenvalue weighted by molar-refractivity contribution is 5.94. The van der Waals surface area contributed by atoms with Crippen LogP contribution in [-0.4, -0.2) is 27.7 Å². The van der Waals surface area contributed by atoms with Gasteiger partial charge in [-0.2, -0.15) is 0 Å². The van der Waals surface area contributed by atoms with E-state index in [9.17, 15) is 15.0 Å². The molecule has 0 aliphatic heterocycles. The fraction of sp³-hybridized carbons (Fsp3) is 0.118. The summed E-state index contributed by atoms with van der Waals surface area (Å²) in [6, 6.07) is 16.1. The maximum absolute atomic E-state index is 12.2. The smallest absolute Gasteiger partial charge is 0.274 e. The first-order valence-electron chi connectivity index (χ1n) is 7.11. The van der Waals surface area contributed by atoms with Crippen molar-refractivity contribution in [3.8, 4) is 5.88 Å². The zero-order chi connectivity index (χ0) is 16.2. The lowest BCUT2D eigenvalue weighted by molar-refractivity contribution is -0.120. The van der Waals surface area contributed by atoms with Crippen LogP contribution in [0.1, 0.15) is 11.5 Å². The number of carbonyl (C=O) groups is 1. The van der Waals surface area contributed by atoms with Gasteiger partial charge in [-0.25, -0.2) is 0 Å². The molecule has 0 spiro atoms. The largest absolute Gasteiger partial charge is 0.493 e. The first-order valence-corrected chi connectivity index (χ1v) is 7.11. The van der Waals surface area contributed by atoms with Gasteiger partial charge >= 0.3 is 0 Å². The number of H-pyrrole nitrogens is 1. The number of aromatic amines is 1. The molecule has 1 amide bonds. The Labute approximate surface area is 132 Å². The standard InChI is InChI=1S/C17H15N3O3/c21-10-13(11-6-2-1-3-7-11)16(22)20-19-15-12-8-4-5-9-14(12)18-17(15)23/h1-9,13,18,21,23H,10H2. The first-order chi connectivity index (χ1) is 11.2. The van der Waals surface area contributed by atoms with Crippen LogP contribution in [0.15, 0.2) is 64.8 Å². The molecule has 116 valence electrons. The van der Waals surface area contributed by atoms with Crippen LogP contribution in [0.4, 0.5) is 5.69 Å². The predicted molar refractivity (Wildman–Crippen MR) is 85.8 cm³/mol. The predicted octanol–water partition coefficient (Wildman–Crippen LogP) is 3.26. The number of aliphatic hydroxyl groups excluding tert-OH is 1. The van der Waals surface area contributed by atoms with Gasteiger partial charge in [-0.3, -0.25) is 4.79 Å². The van der Waals surface area contributed by atoms with Crippen LogP contribution in [0.25, 0.3) is 10.9 Å². The molecule has 0 radical (unpaired) electrons. The van der Waals surface area contributed by atoms with E-state index in [1.807, 2.05) is 12.1 Å². The monoisotopic (exact) mass is 309 g/mol. The van der Waals surface area contributed by atoms with Gasteiger partial charge in [0.05, 0.1) is 18.0 Å². The van der Waals surface area contributed by atoms with Crippen molar-refractivity contribution in [3.05, 3.63) is 60.2 Å². The third kappa shape index (κ3) is 2.97. The fourth-order valence-corrected chi connectivity index (χ4v) is 2.39. The van der Waals surface area contributed by atoms with Crippen molar-refractivity contribution < 1.29 is 15.0 Å². The third-order valence-electron chi connectivity index (χ3n) is 3.59. The number of fused-ring (bicyclic) bond motifs is 1. The summed E-state index contributed by atoms with van der Waals surface area (Å²) in [4.78, 5) is 15.0. The van der Waals surface area contributed by atoms with Gasteiger partial charge in [-0.1, -0.05) is 48.5 Å². The minimum absolute atomic E-state index is 0.150. The lowest BCUT2D eigenvalue weighted by Crippen LogP contribution is -2.13. The van der Waals surface area contributed by atoms with E-state index in [0.717, 1.165) is 0 Å². The number of nitrogens with zero attached hydrogens (tertiary/aromatic N) is 2. The average molecular weight is 309 g/mol. The van der Waals surface area contributed by atoms with E-state index in [0.29, 0.717) is 16.5 Å². The van der Waals surface area contributed by atoms with Gasteiger partial charge in [0.1, 0.15) is 0 Å². The average Bonchev–Trinajstić information content (AvgIpc) is 2.90. The van der Waals surface area contributed by atoms with E-state index in [-0.39, 0.29) is 18.2 Å². The van der Waals surface area contributed by atoms with E-state index in [4.69, 9.17) is 0 Å². The Hall–Kier alpha value is -2.99. The van der Waals surface area contributed by atoms with Crippen LogP contribution >= 0.6 is 0 Å². The van der Waals surface area contributed by atoms with Crippen LogP contribution in [-0.2, 0) is 4.79 Å². The Bertz CT molecular complexity index is 856. The molecule has 0 aliphatic carbocycles. The molecule has 1 aromatic heterocycles. The SMILES string of the molecule is O=C(N=Nc1c(O)[nH]c2ccccc12)C(CO)c1ccccc1. The number of carbonyl (C=O) groups excluding carboxylic acids is 1. The molecule has 2 aromatic carbocycles. The minimum atomic E-state index is -0.771. The van der Waals surface area contributed by atoms with Crippen LogP contribution in [0.3, 0.4) is 0 Å². The number of aromatic nitrogens is 1. The molecule has 6 nitrogen and oxygen atoms in total. The van der Waals surface area contributed by atoms with Crippen molar-refractivity contribution >= 4 is 22.5 Å². The lowest BCUT2D eigenvalue weighted by atomic mass is 10.00. The van der Waals surface area contributed by atoms with E-state index in [1.165, 1.54) is 0 Å². The second kappa shape index (κ2) is 6.41. The normalized spacial score (nSPS) is 12.7. The molecule has 0 bridgehead atoms. The number of hydrogen-bond donors (Lipinski definition) is 3. The number of hydrogen-bond acceptors (Lipinski definition) is 4. The summed E-state index contributed by atoms with van der Waals surface area (Å²) in [5.74, 6) is -1.49. The summed E-state index contributed by atoms with van der Waals surface area (Å²) in [5, 5.41) is 27.6. The van der Waals surface area contributed by atoms with Crippen LogP contribution in [0.2, 0.25) is 0 Å². The van der Waals surface area contributed by atoms with Crippen molar-refractivity contribution in [2.24, 2.45) is 10.2 Å². The molecular formula is C17H15N3O3. The summed E-state index contributed by atoms with van der Waals surface area (Å²) in [6.45, 7) is -0.359. The number of aliphatic hydroxyl groups is 1. The summed E-state index contributed by atoms with van der Waals surface area (Å²) in [6.07, 6.45) is 0. The molecular weight excluding hydrogens is 294 g/mol. The molecule has 1 atom stereocenters. The topological polar surface area (TPSA) is 98.0 Å². The molecule has 0 aliphatic rings. The number of aromatic hydroxyl groups is 1. The van der Waals surface area contributed by atoms with E-state index in [1.54, 1.807) is 42.5 Å². The van der Waals surface area contributed by atoms with Crippen LogP contribution in [0, 0.1) is 0 Å². The highest BCUT2D eigenvalue weighted by atomic mass is 16.3. The molecule has 3 N–H and O–H groups in total. The highest BCUT2D eigenvalue weighted by Gasteiger charge is 2.20. The van der Waals surface area contributed by atoms with Crippen molar-refractivity contribution in [2.75, 3.05) is 6.61 Å². The number of nitrogens with one attached hydrogen (secondary N) is 1. The van der Waals surface area contributed by atoms with Gasteiger partial charge in [0.15, 0.2) is 5.69 Å². The van der Waals surface area contributed by atoms with E-state index >= 15 is 0 Å². The van der Waals surface area contributed by atoms with Gasteiger partial charge < -0.3 is 15.2 Å². The molecule has 3 aromatic rings. The number of rotatable bonds is 4. The second-order valence-electron chi connectivity index (χ2n) is 5.05. The van der Waals surface area contributed by atoms with Gasteiger partial charge in [0.25, 0.3) is 5.91 Å². The lowest BCUT2D eigenvalue weighted by Gasteiger charge is -2.09. The van der Waals surface area contributed by atoms with Gasteiger partial charge in [-0.05, 0) is 11.6 Å². The van der Waals surface area contributed by atoms with Gasteiger partial charge in [0.2, 0.25) is 5.88 Å². The minimum Gasteiger partial charge on any atom is -0.493 e. The summed E-state index contributed by atoms with van der Waals surface area (Å²) < 4.78 is 0. The Morgan fingerprint density at radius 2 is 1.78 bits per heavy atom. The Morgan fingerprint density at radius 3 is 2.52 bits per heavy atom. The number of benzene rings is 2. The van der Waals surface area contributed by atoms with E-state index in [2.05, 4.69) is 15.2 Å². The van der Waals surface area contributed by atoms with Crippen molar-refractivity contribution in [2.45, 2.75) is 5.92 Å². The van der Waals surface area contributed by atoms with Gasteiger partial charge in [-0.15, -0.1) is 10.2 Å². The highest BCUT2D eigenvalue weighted by Crippen LogP contribution is 2.35. The van der Waals surface area contributed by atoms with Crippen molar-refractivity contribution in [1.29, 1.82) is 0 Å². The summed E-state index contributed by atoms with van der Waals surface area (Å²) in [7, 11) is 0. The zero-order valence-electron chi connectivity index (χ0n) is 12.2. The first kappa shape index (κ1) is 14.9. The Kier molecular flexibility index (Phi) is 4.16. The molecule has 0 fully saturated rings. The molecule has 3 rings (SSSR count). The molecule has 6 heteroatoms. The second-order valence-corrected chi connectivity index (χ2v) is 5.05. The maximum atomic E-state index is 12.2. The van der Waals surface area contributed by atoms with Crippen LogP contribution < -0.4 is 0 Å². The summed E-state index contributed by atoms with van der Waals surface area (Å²) >= 11 is 0. The molecule has 0 saturated carbocycles. The van der Waals surface area contributed by atoms with Crippen molar-refractivity contribution in [1.82, 2.24) is 4.98 Å². The summed E-state index contributed by atoms with van der Waals surface area (Å²) in [5.41, 5.74) is 1.58. The zero-order valence-corrected chi connectivity index (χ0v) is 12.2. The maximum Gasteiger partial charge on any atom is 0.274 e. The number of para-hydroxylation sites is 1. The van der Waals surface area contributed by atoms with Crippen molar-refractivity contribution in [3.63, 3.8) is 0 Å². The fourth-order valence-electron chi connectivity index (χ4n) is 2.39. The molecule has 1 heterocycles. The number of amides is 1. The molecule has 0 saturated heterocycles. The van der Waals surface area contributed by atoms with Gasteiger partial charge in [0, 0.05) is 5.39 Å². The Morgan fingerprint density at radius 1 is 1.09 bits per heavy atom. The molecule has 1 unspecified atom stereocenters. The van der Waals surface area contributed by atoms with Crippen LogP contribution in [0.5, 0.6) is 5.88 Å². The third-order valence-corrected chi connectivity index (χ3v) is 3.59. The van der Waals surface area contributed by atoms with E-state index < -0.39 is 11.8 Å². The molecule has 23 heavy (non-hydrogen) atoms.